The third kappa shape index (κ3) is 27.3. The molecule has 0 spiro atoms. The molecule has 0 fully saturated rings. The molecular formula is B95. The summed E-state index contributed by atoms with van der Waals surface area (Å²) in [5.74, 6) is 0. The average molecular weight is 1030 g/mol. The van der Waals surface area contributed by atoms with E-state index in [1.807, 2.05) is 0 Å². The molecule has 0 aromatic carbocycles. The van der Waals surface area contributed by atoms with Gasteiger partial charge in [-0.05, 0) is 0 Å². The molecule has 0 aliphatic rings. The van der Waals surface area contributed by atoms with Gasteiger partial charge >= 0.3 is 0 Å². The largest absolute Gasteiger partial charge is 0 e. The predicted molar refractivity (Wildman–Crippen MR) is 547 cm³/mol. The van der Waals surface area contributed by atoms with E-state index in [0.29, 0.717) is 0 Å². The molecule has 0 atom stereocenters. The molecule has 0 amide bonds. The highest BCUT2D eigenvalue weighted by Crippen LogP contribution is 2.30. The number of hydrogen-bond acceptors (Lipinski definition) is 0. The zero-order valence-corrected chi connectivity index (χ0v) is 54.8. The fourth-order valence-electron chi connectivity index (χ4n) is 17.1. The highest BCUT2D eigenvalue weighted by atomic mass is 13.5. The van der Waals surface area contributed by atoms with Crippen molar-refractivity contribution in [3.63, 3.8) is 0 Å². The SMILES string of the molecule is [B][B]B([B])B(B([B])[B])B(B(B([B])[B])B([B])[B])B(B(B(B([B])[B])B([B])[B])B(B([B])[B])B([B])[B])B(B(B(B(B([B])[B])B([B])[B])B(B([B])[B])B([B])[B])B(B(B([B])[B])B([B])[B])B(B([B])[B])B([B])[B])B(B(B(B([B])[B])B([B])[B])B(B([B])[B])B([B])[B])B(B(B([B])[B])B([B])[B])B(B([B])[B])B([B])[B]. The second kappa shape index (κ2) is 46.7. The van der Waals surface area contributed by atoms with Crippen LogP contribution in [0.25, 0.3) is 0 Å². The van der Waals surface area contributed by atoms with Gasteiger partial charge in [0.25, 0.3) is 0 Å². The Hall–Kier alpha value is 6.17. The summed E-state index contributed by atoms with van der Waals surface area (Å²) in [5.41, 5.74) is 0. The lowest BCUT2D eigenvalue weighted by Gasteiger charge is -2.63. The summed E-state index contributed by atoms with van der Waals surface area (Å²) in [4.78, 5) is 0. The molecule has 285 valence electrons. The molecule has 0 rings (SSSR count). The Morgan fingerprint density at radius 1 is 0.0947 bits per heavy atom. The van der Waals surface area contributed by atoms with Crippen molar-refractivity contribution in [3.05, 3.63) is 0 Å². The Morgan fingerprint density at radius 3 is 0.221 bits per heavy atom. The van der Waals surface area contributed by atoms with Gasteiger partial charge in [-0.2, -0.15) is 0 Å². The van der Waals surface area contributed by atoms with E-state index in [2.05, 4.69) is 0 Å². The third-order valence-electron chi connectivity index (χ3n) is 20.2. The maximum atomic E-state index is 7.27. The summed E-state index contributed by atoms with van der Waals surface area (Å²) >= 11 is 0. The second-order valence-corrected chi connectivity index (χ2v) is 26.8. The number of rotatable bonds is 46. The molecule has 0 aromatic rings. The summed E-state index contributed by atoms with van der Waals surface area (Å²) in [6.45, 7) is 0. The van der Waals surface area contributed by atoms with Crippen LogP contribution >= 0.6 is 0 Å². The minimum atomic E-state index is -2.22. The Bertz CT molecular complexity index is 1570. The second-order valence-electron chi connectivity index (χ2n) is 26.8. The quantitative estimate of drug-likeness (QED) is 0.0533. The van der Waals surface area contributed by atoms with Crippen LogP contribution in [0.5, 0.6) is 0 Å². The topological polar surface area (TPSA) is 0 Å². The maximum absolute atomic E-state index is 7.27. The van der Waals surface area contributed by atoms with Gasteiger partial charge in [0, 0.05) is 672 Å². The van der Waals surface area contributed by atoms with Crippen molar-refractivity contribution < 1.29 is 0 Å². The first-order valence-corrected chi connectivity index (χ1v) is 31.3. The van der Waals surface area contributed by atoms with Crippen LogP contribution in [-0.4, -0.2) is 672 Å². The van der Waals surface area contributed by atoms with Crippen molar-refractivity contribution in [1.29, 1.82) is 0 Å². The van der Waals surface area contributed by atoms with Crippen molar-refractivity contribution in [2.24, 2.45) is 0 Å². The number of hydrogen-bond donors (Lipinski definition) is 0. The lowest BCUT2D eigenvalue weighted by atomic mass is 8.18. The van der Waals surface area contributed by atoms with Gasteiger partial charge in [0.2, 0.25) is 0 Å². The molecule has 0 aliphatic carbocycles. The molecule has 0 unspecified atom stereocenters. The van der Waals surface area contributed by atoms with E-state index in [9.17, 15) is 0 Å². The van der Waals surface area contributed by atoms with Crippen molar-refractivity contribution >= 4 is 672 Å². The smallest absolute Gasteiger partial charge is 0 e. The molecular weight excluding hydrogens is 1030 g/mol. The van der Waals surface area contributed by atoms with Gasteiger partial charge < -0.3 is 0 Å². The average Bonchev–Trinajstić information content (AvgIpc) is 3.36. The van der Waals surface area contributed by atoms with Crippen LogP contribution in [0.4, 0.5) is 0 Å². The van der Waals surface area contributed by atoms with E-state index in [0.717, 1.165) is 7.06 Å². The van der Waals surface area contributed by atoms with Gasteiger partial charge in [-0.1, -0.05) is 0 Å². The highest BCUT2D eigenvalue weighted by molar-refractivity contribution is 8.43. The Kier molecular flexibility index (Phi) is 49.8. The highest BCUT2D eigenvalue weighted by Gasteiger charge is 2.68. The lowest BCUT2D eigenvalue weighted by Crippen LogP contribution is -3.01. The van der Waals surface area contributed by atoms with Crippen molar-refractivity contribution in [1.82, 2.24) is 0 Å². The maximum Gasteiger partial charge on any atom is 0 e. The van der Waals surface area contributed by atoms with Crippen LogP contribution in [0.1, 0.15) is 0 Å². The van der Waals surface area contributed by atoms with Gasteiger partial charge in [-0.15, -0.1) is 0 Å². The summed E-state index contributed by atoms with van der Waals surface area (Å²) in [7, 11) is 340. The fraction of sp³-hybridized carbons (Fsp3) is 0. The Morgan fingerprint density at radius 2 is 0.158 bits per heavy atom. The normalized spacial score (nSPS) is 9.81. The van der Waals surface area contributed by atoms with Crippen LogP contribution in [0, 0.1) is 0 Å². The predicted octanol–water partition coefficient (Wildman–Crippen LogP) is -36.2. The first-order valence-electron chi connectivity index (χ1n) is 31.3. The van der Waals surface area contributed by atoms with Gasteiger partial charge in [-0.3, -0.25) is 0 Å². The molecule has 0 N–H and O–H groups in total. The molecule has 97 radical (unpaired) electrons. The van der Waals surface area contributed by atoms with Gasteiger partial charge in [0.15, 0.2) is 0 Å². The van der Waals surface area contributed by atoms with Gasteiger partial charge in [0.05, 0.1) is 0 Å². The van der Waals surface area contributed by atoms with Crippen molar-refractivity contribution in [3.8, 4) is 0 Å². The van der Waals surface area contributed by atoms with Gasteiger partial charge in [-0.25, -0.2) is 0 Å². The van der Waals surface area contributed by atoms with Crippen molar-refractivity contribution in [2.75, 3.05) is 0 Å². The summed E-state index contributed by atoms with van der Waals surface area (Å²) in [6.07, 6.45) is -84.7. The molecule has 0 aromatic heterocycles. The molecule has 0 saturated heterocycles. The van der Waals surface area contributed by atoms with E-state index in [1.54, 1.807) is 0 Å². The van der Waals surface area contributed by atoms with Crippen LogP contribution in [-0.2, 0) is 0 Å². The Labute approximate surface area is 665 Å². The van der Waals surface area contributed by atoms with E-state index in [1.165, 1.54) is 0 Å². The van der Waals surface area contributed by atoms with E-state index < -0.39 is 294 Å². The molecule has 0 saturated carbocycles. The summed E-state index contributed by atoms with van der Waals surface area (Å²) in [5, 5.41) is 0. The van der Waals surface area contributed by atoms with Crippen LogP contribution < -0.4 is 0 Å². The van der Waals surface area contributed by atoms with Crippen LogP contribution in [0.2, 0.25) is 0 Å². The van der Waals surface area contributed by atoms with Gasteiger partial charge in [0.1, 0.15) is 0 Å². The molecule has 95 heavy (non-hydrogen) atoms. The Balaban J connectivity index is 14.3. The fourth-order valence-corrected chi connectivity index (χ4v) is 17.1. The molecule has 0 aliphatic heterocycles. The molecule has 0 bridgehead atoms. The molecule has 0 nitrogen and oxygen atoms in total. The van der Waals surface area contributed by atoms with E-state index in [-0.39, 0.29) is 0 Å². The summed E-state index contributed by atoms with van der Waals surface area (Å²) in [6, 6.07) is 0. The lowest BCUT2D eigenvalue weighted by molar-refractivity contribution is 3.13. The monoisotopic (exact) mass is 1050 g/mol. The first-order chi connectivity index (χ1) is 43.3. The third-order valence-corrected chi connectivity index (χ3v) is 20.2. The molecule has 0 heterocycles. The summed E-state index contributed by atoms with van der Waals surface area (Å²) < 4.78 is 0. The van der Waals surface area contributed by atoms with Crippen molar-refractivity contribution in [2.45, 2.75) is 0 Å². The zero-order valence-electron chi connectivity index (χ0n) is 54.8. The minimum absolute atomic E-state index is 0.990. The van der Waals surface area contributed by atoms with Crippen LogP contribution in [0.15, 0.2) is 0 Å². The first kappa shape index (κ1) is 101. The van der Waals surface area contributed by atoms with E-state index in [4.69, 9.17) is 371 Å². The molecule has 95 heteroatoms. The zero-order chi connectivity index (χ0) is 75.3. The minimum Gasteiger partial charge on any atom is 0 e. The standard InChI is InChI=1S/B95/c1-49-73(48)85(72(46)47)91(84(70(42)43)71(44)45)94(90(82(66(34)35)67(36)37)83(68(38)39)69(40)41)95(92(86(74(50(2)3)51(4)5)75(52(6)7)53(8)9)87(76(54(10)11)55(12)13)77(56(14)15)57(16)17)93(88(78(58(18)19)59(20)21)79(60(22)23)61(24)25)89(80(62(26)27)63(28)29)81(64(30)31)65(32)33. The van der Waals surface area contributed by atoms with E-state index >= 15 is 0 Å². The van der Waals surface area contributed by atoms with Crippen LogP contribution in [0.3, 0.4) is 0 Å².